The number of aromatic nitrogens is 2. The van der Waals surface area contributed by atoms with E-state index in [-0.39, 0.29) is 5.69 Å². The first kappa shape index (κ1) is 11.1. The molecule has 0 bridgehead atoms. The zero-order chi connectivity index (χ0) is 11.8. The van der Waals surface area contributed by atoms with Crippen LogP contribution < -0.4 is 5.69 Å². The summed E-state index contributed by atoms with van der Waals surface area (Å²) in [6, 6.07) is 6.36. The van der Waals surface area contributed by atoms with Crippen molar-refractivity contribution >= 4 is 27.0 Å². The molecule has 1 saturated carbocycles. The Hall–Kier alpha value is -1.03. The Balaban J connectivity index is 2.14. The highest BCUT2D eigenvalue weighted by Crippen LogP contribution is 2.29. The number of imidazole rings is 1. The highest BCUT2D eigenvalue weighted by Gasteiger charge is 2.19. The van der Waals surface area contributed by atoms with Gasteiger partial charge in [0, 0.05) is 10.5 Å². The summed E-state index contributed by atoms with van der Waals surface area (Å²) in [5.41, 5.74) is 1.99. The second kappa shape index (κ2) is 4.33. The molecular weight excluding hydrogens is 280 g/mol. The monoisotopic (exact) mass is 294 g/mol. The van der Waals surface area contributed by atoms with E-state index < -0.39 is 0 Å². The SMILES string of the molecule is O=c1[nH]c2cc(Br)ccc2n1C1CCCCC1. The van der Waals surface area contributed by atoms with Gasteiger partial charge in [0.05, 0.1) is 11.0 Å². The van der Waals surface area contributed by atoms with Crippen LogP contribution in [0.4, 0.5) is 0 Å². The van der Waals surface area contributed by atoms with Crippen molar-refractivity contribution in [2.45, 2.75) is 38.1 Å². The van der Waals surface area contributed by atoms with Crippen LogP contribution in [0.15, 0.2) is 27.5 Å². The Morgan fingerprint density at radius 3 is 2.76 bits per heavy atom. The van der Waals surface area contributed by atoms with Crippen molar-refractivity contribution in [1.29, 1.82) is 0 Å². The molecule has 1 N–H and O–H groups in total. The van der Waals surface area contributed by atoms with Crippen molar-refractivity contribution in [3.63, 3.8) is 0 Å². The second-order valence-electron chi connectivity index (χ2n) is 4.75. The lowest BCUT2D eigenvalue weighted by atomic mass is 9.95. The van der Waals surface area contributed by atoms with E-state index >= 15 is 0 Å². The van der Waals surface area contributed by atoms with E-state index in [1.54, 1.807) is 0 Å². The van der Waals surface area contributed by atoms with E-state index in [0.29, 0.717) is 6.04 Å². The van der Waals surface area contributed by atoms with Gasteiger partial charge in [-0.3, -0.25) is 4.57 Å². The third kappa shape index (κ3) is 1.95. The van der Waals surface area contributed by atoms with Gasteiger partial charge in [0.25, 0.3) is 0 Å². The van der Waals surface area contributed by atoms with Gasteiger partial charge in [-0.1, -0.05) is 35.2 Å². The van der Waals surface area contributed by atoms with Gasteiger partial charge in [-0.25, -0.2) is 4.79 Å². The van der Waals surface area contributed by atoms with Crippen LogP contribution in [0.2, 0.25) is 0 Å². The normalized spacial score (nSPS) is 17.7. The number of aromatic amines is 1. The molecule has 0 aliphatic heterocycles. The van der Waals surface area contributed by atoms with Crippen molar-refractivity contribution in [3.05, 3.63) is 33.2 Å². The minimum absolute atomic E-state index is 0.0324. The Morgan fingerprint density at radius 2 is 2.00 bits per heavy atom. The number of hydrogen-bond acceptors (Lipinski definition) is 1. The van der Waals surface area contributed by atoms with Crippen LogP contribution in [0.5, 0.6) is 0 Å². The highest BCUT2D eigenvalue weighted by atomic mass is 79.9. The predicted octanol–water partition coefficient (Wildman–Crippen LogP) is 3.60. The molecule has 0 amide bonds. The van der Waals surface area contributed by atoms with Gasteiger partial charge >= 0.3 is 5.69 Å². The molecule has 1 heterocycles. The quantitative estimate of drug-likeness (QED) is 0.857. The Kier molecular flexibility index (Phi) is 2.82. The molecular formula is C13H15BrN2O. The van der Waals surface area contributed by atoms with E-state index in [1.165, 1.54) is 19.3 Å². The molecule has 2 aromatic rings. The molecule has 1 aliphatic rings. The number of nitrogens with zero attached hydrogens (tertiary/aromatic N) is 1. The van der Waals surface area contributed by atoms with Gasteiger partial charge in [0.2, 0.25) is 0 Å². The summed E-state index contributed by atoms with van der Waals surface area (Å²) in [4.78, 5) is 15.0. The van der Waals surface area contributed by atoms with Crippen LogP contribution >= 0.6 is 15.9 Å². The van der Waals surface area contributed by atoms with Crippen molar-refractivity contribution in [2.24, 2.45) is 0 Å². The third-order valence-corrected chi connectivity index (χ3v) is 4.11. The van der Waals surface area contributed by atoms with Crippen LogP contribution in [0.1, 0.15) is 38.1 Å². The lowest BCUT2D eigenvalue weighted by molar-refractivity contribution is 0.353. The molecule has 90 valence electrons. The maximum Gasteiger partial charge on any atom is 0.326 e. The van der Waals surface area contributed by atoms with Gasteiger partial charge in [-0.15, -0.1) is 0 Å². The number of halogens is 1. The fourth-order valence-electron chi connectivity index (χ4n) is 2.81. The van der Waals surface area contributed by atoms with Crippen molar-refractivity contribution in [1.82, 2.24) is 9.55 Å². The highest BCUT2D eigenvalue weighted by molar-refractivity contribution is 9.10. The number of H-pyrrole nitrogens is 1. The molecule has 0 spiro atoms. The number of nitrogens with one attached hydrogen (secondary N) is 1. The van der Waals surface area contributed by atoms with E-state index in [0.717, 1.165) is 28.3 Å². The largest absolute Gasteiger partial charge is 0.326 e. The van der Waals surface area contributed by atoms with E-state index in [9.17, 15) is 4.79 Å². The van der Waals surface area contributed by atoms with Crippen LogP contribution in [-0.2, 0) is 0 Å². The molecule has 3 nitrogen and oxygen atoms in total. The average Bonchev–Trinajstić information content (AvgIpc) is 2.65. The van der Waals surface area contributed by atoms with Crippen molar-refractivity contribution < 1.29 is 0 Å². The maximum absolute atomic E-state index is 12.0. The summed E-state index contributed by atoms with van der Waals surface area (Å²) in [6.45, 7) is 0. The number of hydrogen-bond donors (Lipinski definition) is 1. The van der Waals surface area contributed by atoms with Gasteiger partial charge in [0.15, 0.2) is 0 Å². The molecule has 1 aromatic carbocycles. The lowest BCUT2D eigenvalue weighted by Gasteiger charge is -2.22. The zero-order valence-electron chi connectivity index (χ0n) is 9.58. The van der Waals surface area contributed by atoms with Crippen molar-refractivity contribution in [3.8, 4) is 0 Å². The molecule has 1 fully saturated rings. The molecule has 17 heavy (non-hydrogen) atoms. The van der Waals surface area contributed by atoms with Gasteiger partial charge in [0.1, 0.15) is 0 Å². The first-order chi connectivity index (χ1) is 8.25. The van der Waals surface area contributed by atoms with Crippen LogP contribution in [0, 0.1) is 0 Å². The van der Waals surface area contributed by atoms with Crippen LogP contribution in [0.25, 0.3) is 11.0 Å². The predicted molar refractivity (Wildman–Crippen MR) is 72.4 cm³/mol. The molecule has 1 aliphatic carbocycles. The topological polar surface area (TPSA) is 37.8 Å². The smallest absolute Gasteiger partial charge is 0.305 e. The van der Waals surface area contributed by atoms with Gasteiger partial charge in [-0.05, 0) is 31.0 Å². The molecule has 0 saturated heterocycles. The Labute approximate surface area is 108 Å². The first-order valence-corrected chi connectivity index (χ1v) is 6.95. The minimum Gasteiger partial charge on any atom is -0.305 e. The van der Waals surface area contributed by atoms with E-state index in [4.69, 9.17) is 0 Å². The Morgan fingerprint density at radius 1 is 1.24 bits per heavy atom. The van der Waals surface area contributed by atoms with E-state index in [1.807, 2.05) is 22.8 Å². The standard InChI is InChI=1S/C13H15BrN2O/c14-9-6-7-12-11(8-9)15-13(17)16(12)10-4-2-1-3-5-10/h6-8,10H,1-5H2,(H,15,17). The fourth-order valence-corrected chi connectivity index (χ4v) is 3.17. The summed E-state index contributed by atoms with van der Waals surface area (Å²) in [5, 5.41) is 0. The molecule has 0 radical (unpaired) electrons. The van der Waals surface area contributed by atoms with Crippen LogP contribution in [-0.4, -0.2) is 9.55 Å². The van der Waals surface area contributed by atoms with E-state index in [2.05, 4.69) is 20.9 Å². The molecule has 3 rings (SSSR count). The van der Waals surface area contributed by atoms with Gasteiger partial charge < -0.3 is 4.98 Å². The second-order valence-corrected chi connectivity index (χ2v) is 5.67. The molecule has 1 aromatic heterocycles. The number of rotatable bonds is 1. The zero-order valence-corrected chi connectivity index (χ0v) is 11.2. The molecule has 4 heteroatoms. The first-order valence-electron chi connectivity index (χ1n) is 6.15. The van der Waals surface area contributed by atoms with Crippen molar-refractivity contribution in [2.75, 3.05) is 0 Å². The molecule has 0 unspecified atom stereocenters. The third-order valence-electron chi connectivity index (χ3n) is 3.62. The molecule has 0 atom stereocenters. The fraction of sp³-hybridized carbons (Fsp3) is 0.462. The lowest BCUT2D eigenvalue weighted by Crippen LogP contribution is -2.23. The minimum atomic E-state index is 0.0324. The summed E-state index contributed by atoms with van der Waals surface area (Å²) in [6.07, 6.45) is 6.03. The Bertz CT molecular complexity index is 593. The summed E-state index contributed by atoms with van der Waals surface area (Å²) < 4.78 is 2.95. The average molecular weight is 295 g/mol. The maximum atomic E-state index is 12.0. The summed E-state index contributed by atoms with van der Waals surface area (Å²) >= 11 is 3.43. The van der Waals surface area contributed by atoms with Gasteiger partial charge in [-0.2, -0.15) is 0 Å². The summed E-state index contributed by atoms with van der Waals surface area (Å²) in [5.74, 6) is 0. The summed E-state index contributed by atoms with van der Waals surface area (Å²) in [7, 11) is 0. The number of benzene rings is 1. The van der Waals surface area contributed by atoms with Crippen LogP contribution in [0.3, 0.4) is 0 Å². The number of fused-ring (bicyclic) bond motifs is 1.